The van der Waals surface area contributed by atoms with Crippen molar-refractivity contribution in [2.24, 2.45) is 5.92 Å². The van der Waals surface area contributed by atoms with Gasteiger partial charge in [-0.15, -0.1) is 0 Å². The minimum absolute atomic E-state index is 0.0142. The molecule has 1 aliphatic carbocycles. The van der Waals surface area contributed by atoms with E-state index in [9.17, 15) is 9.59 Å². The number of hydrogen-bond acceptors (Lipinski definition) is 4. The number of amides is 2. The molecule has 0 spiro atoms. The van der Waals surface area contributed by atoms with Gasteiger partial charge in [-0.05, 0) is 51.0 Å². The van der Waals surface area contributed by atoms with Crippen LogP contribution in [0.15, 0.2) is 0 Å². The first kappa shape index (κ1) is 19.0. The van der Waals surface area contributed by atoms with Crippen molar-refractivity contribution in [3.8, 4) is 0 Å². The van der Waals surface area contributed by atoms with Crippen LogP contribution in [0.25, 0.3) is 0 Å². The number of likely N-dealkylation sites (tertiary alicyclic amines) is 1. The van der Waals surface area contributed by atoms with E-state index in [-0.39, 0.29) is 31.3 Å². The molecule has 7 nitrogen and oxygen atoms in total. The Hall–Kier alpha value is -1.34. The summed E-state index contributed by atoms with van der Waals surface area (Å²) in [5, 5.41) is 20.9. The zero-order chi connectivity index (χ0) is 17.5. The molecule has 2 aliphatic rings. The molecule has 0 aromatic rings. The topological polar surface area (TPSA) is 93.1 Å². The molecule has 0 bridgehead atoms. The van der Waals surface area contributed by atoms with Crippen molar-refractivity contribution in [1.29, 1.82) is 0 Å². The Balaban J connectivity index is 1.65. The molecule has 0 unspecified atom stereocenters. The predicted octanol–water partition coefficient (Wildman–Crippen LogP) is 1.12. The Morgan fingerprint density at radius 2 is 1.92 bits per heavy atom. The van der Waals surface area contributed by atoms with Crippen LogP contribution in [0.2, 0.25) is 0 Å². The third-order valence-corrected chi connectivity index (χ3v) is 5.37. The molecule has 1 saturated heterocycles. The van der Waals surface area contributed by atoms with Gasteiger partial charge in [0.25, 0.3) is 0 Å². The molecule has 24 heavy (non-hydrogen) atoms. The predicted molar refractivity (Wildman–Crippen MR) is 90.8 cm³/mol. The highest BCUT2D eigenvalue weighted by molar-refractivity contribution is 5.74. The van der Waals surface area contributed by atoms with Crippen LogP contribution in [-0.4, -0.2) is 76.9 Å². The number of piperidine rings is 1. The van der Waals surface area contributed by atoms with E-state index in [4.69, 9.17) is 10.2 Å². The standard InChI is InChI=1S/C17H31N3O4/c1-2-19(12-16(22)23)15-10-14(11-15)18-17(24)20-7-5-13(6-8-20)4-3-9-21/h13-15,21H,2-12H2,1H3,(H,18,24)(H,22,23). The van der Waals surface area contributed by atoms with Crippen molar-refractivity contribution in [2.45, 2.75) is 57.5 Å². The maximum absolute atomic E-state index is 12.3. The minimum Gasteiger partial charge on any atom is -0.480 e. The van der Waals surface area contributed by atoms with Crippen LogP contribution in [0, 0.1) is 5.92 Å². The normalized spacial score (nSPS) is 24.7. The van der Waals surface area contributed by atoms with Crippen molar-refractivity contribution in [3.05, 3.63) is 0 Å². The Bertz CT molecular complexity index is 418. The van der Waals surface area contributed by atoms with E-state index in [1.807, 2.05) is 16.7 Å². The molecular weight excluding hydrogens is 310 g/mol. The molecule has 138 valence electrons. The number of hydrogen-bond donors (Lipinski definition) is 3. The van der Waals surface area contributed by atoms with Gasteiger partial charge in [0.1, 0.15) is 0 Å². The van der Waals surface area contributed by atoms with Crippen molar-refractivity contribution in [3.63, 3.8) is 0 Å². The van der Waals surface area contributed by atoms with Gasteiger partial charge in [0.15, 0.2) is 0 Å². The summed E-state index contributed by atoms with van der Waals surface area (Å²) in [5.74, 6) is -0.170. The molecule has 7 heteroatoms. The Labute approximate surface area is 144 Å². The van der Waals surface area contributed by atoms with Crippen molar-refractivity contribution in [1.82, 2.24) is 15.1 Å². The molecule has 2 fully saturated rings. The number of likely N-dealkylation sites (N-methyl/N-ethyl adjacent to an activating group) is 1. The van der Waals surface area contributed by atoms with Crippen LogP contribution in [0.5, 0.6) is 0 Å². The quantitative estimate of drug-likeness (QED) is 0.615. The second-order valence-electron chi connectivity index (χ2n) is 7.02. The first-order valence-corrected chi connectivity index (χ1v) is 9.15. The van der Waals surface area contributed by atoms with E-state index in [0.717, 1.165) is 58.2 Å². The molecule has 3 N–H and O–H groups in total. The highest BCUT2D eigenvalue weighted by Gasteiger charge is 2.35. The lowest BCUT2D eigenvalue weighted by Gasteiger charge is -2.43. The summed E-state index contributed by atoms with van der Waals surface area (Å²) in [5.41, 5.74) is 0. The SMILES string of the molecule is CCN(CC(=O)O)C1CC(NC(=O)N2CCC(CCCO)CC2)C1. The lowest BCUT2D eigenvalue weighted by Crippen LogP contribution is -2.57. The van der Waals surface area contributed by atoms with Crippen LogP contribution in [0.4, 0.5) is 4.79 Å². The molecule has 2 amide bonds. The van der Waals surface area contributed by atoms with Gasteiger partial charge in [-0.2, -0.15) is 0 Å². The van der Waals surface area contributed by atoms with E-state index >= 15 is 0 Å². The summed E-state index contributed by atoms with van der Waals surface area (Å²) < 4.78 is 0. The van der Waals surface area contributed by atoms with Crippen LogP contribution in [-0.2, 0) is 4.79 Å². The van der Waals surface area contributed by atoms with Gasteiger partial charge < -0.3 is 20.4 Å². The van der Waals surface area contributed by atoms with Gasteiger partial charge >= 0.3 is 12.0 Å². The number of nitrogens with one attached hydrogen (secondary N) is 1. The number of carbonyl (C=O) groups excluding carboxylic acids is 1. The highest BCUT2D eigenvalue weighted by Crippen LogP contribution is 2.26. The average molecular weight is 341 g/mol. The number of rotatable bonds is 8. The summed E-state index contributed by atoms with van der Waals surface area (Å²) >= 11 is 0. The fourth-order valence-corrected chi connectivity index (χ4v) is 3.75. The molecule has 0 atom stereocenters. The lowest BCUT2D eigenvalue weighted by molar-refractivity contribution is -0.139. The number of carboxylic acid groups (broad SMARTS) is 1. The Kier molecular flexibility index (Phi) is 7.30. The van der Waals surface area contributed by atoms with E-state index in [2.05, 4.69) is 5.32 Å². The number of aliphatic carboxylic acids is 1. The first-order valence-electron chi connectivity index (χ1n) is 9.15. The summed E-state index contributed by atoms with van der Waals surface area (Å²) in [6, 6.07) is 0.443. The number of carbonyl (C=O) groups is 2. The third kappa shape index (κ3) is 5.34. The second-order valence-corrected chi connectivity index (χ2v) is 7.02. The van der Waals surface area contributed by atoms with E-state index in [1.54, 1.807) is 0 Å². The summed E-state index contributed by atoms with van der Waals surface area (Å²) in [7, 11) is 0. The van der Waals surface area contributed by atoms with Crippen LogP contribution in [0.1, 0.15) is 45.4 Å². The van der Waals surface area contributed by atoms with Crippen molar-refractivity contribution >= 4 is 12.0 Å². The summed E-state index contributed by atoms with van der Waals surface area (Å²) in [6.45, 7) is 4.59. The third-order valence-electron chi connectivity index (χ3n) is 5.37. The average Bonchev–Trinajstić information content (AvgIpc) is 2.54. The Morgan fingerprint density at radius 3 is 2.46 bits per heavy atom. The fourth-order valence-electron chi connectivity index (χ4n) is 3.75. The molecule has 1 saturated carbocycles. The molecule has 0 aromatic carbocycles. The van der Waals surface area contributed by atoms with Gasteiger partial charge in [-0.1, -0.05) is 6.92 Å². The van der Waals surface area contributed by atoms with Gasteiger partial charge in [0, 0.05) is 31.8 Å². The van der Waals surface area contributed by atoms with Crippen LogP contribution < -0.4 is 5.32 Å². The van der Waals surface area contributed by atoms with Gasteiger partial charge in [-0.25, -0.2) is 4.79 Å². The first-order chi connectivity index (χ1) is 11.5. The number of carboxylic acids is 1. The van der Waals surface area contributed by atoms with E-state index < -0.39 is 5.97 Å². The van der Waals surface area contributed by atoms with Gasteiger partial charge in [-0.3, -0.25) is 9.69 Å². The summed E-state index contributed by atoms with van der Waals surface area (Å²) in [6.07, 6.45) is 5.60. The summed E-state index contributed by atoms with van der Waals surface area (Å²) in [4.78, 5) is 27.0. The number of aliphatic hydroxyl groups excluding tert-OH is 1. The maximum Gasteiger partial charge on any atom is 0.317 e. The largest absolute Gasteiger partial charge is 0.480 e. The zero-order valence-electron chi connectivity index (χ0n) is 14.6. The smallest absolute Gasteiger partial charge is 0.317 e. The van der Waals surface area contributed by atoms with Gasteiger partial charge in [0.05, 0.1) is 6.54 Å². The molecular formula is C17H31N3O4. The van der Waals surface area contributed by atoms with Crippen LogP contribution in [0.3, 0.4) is 0 Å². The van der Waals surface area contributed by atoms with E-state index in [1.165, 1.54) is 0 Å². The lowest BCUT2D eigenvalue weighted by atomic mass is 9.85. The fraction of sp³-hybridized carbons (Fsp3) is 0.882. The van der Waals surface area contributed by atoms with Gasteiger partial charge in [0.2, 0.25) is 0 Å². The Morgan fingerprint density at radius 1 is 1.25 bits per heavy atom. The van der Waals surface area contributed by atoms with Crippen molar-refractivity contribution in [2.75, 3.05) is 32.8 Å². The maximum atomic E-state index is 12.3. The van der Waals surface area contributed by atoms with E-state index in [0.29, 0.717) is 5.92 Å². The highest BCUT2D eigenvalue weighted by atomic mass is 16.4. The second kappa shape index (κ2) is 9.22. The molecule has 2 rings (SSSR count). The molecule has 1 aliphatic heterocycles. The van der Waals surface area contributed by atoms with Crippen LogP contribution >= 0.6 is 0 Å². The van der Waals surface area contributed by atoms with Crippen molar-refractivity contribution < 1.29 is 19.8 Å². The zero-order valence-corrected chi connectivity index (χ0v) is 14.6. The molecule has 1 heterocycles. The number of urea groups is 1. The monoisotopic (exact) mass is 341 g/mol. The number of aliphatic hydroxyl groups is 1. The molecule has 0 aromatic heterocycles. The molecule has 0 radical (unpaired) electrons. The minimum atomic E-state index is -0.798. The number of nitrogens with zero attached hydrogens (tertiary/aromatic N) is 2.